The van der Waals surface area contributed by atoms with Gasteiger partial charge < -0.3 is 26.2 Å². The fourth-order valence-electron chi connectivity index (χ4n) is 1.96. The summed E-state index contributed by atoms with van der Waals surface area (Å²) in [4.78, 5) is 35.3. The number of benzene rings is 1. The number of ether oxygens (including phenoxy) is 1. The maximum atomic E-state index is 12.1. The van der Waals surface area contributed by atoms with Crippen molar-refractivity contribution in [3.05, 3.63) is 35.9 Å². The molecule has 0 aromatic heterocycles. The van der Waals surface area contributed by atoms with E-state index in [-0.39, 0.29) is 12.4 Å². The van der Waals surface area contributed by atoms with Crippen LogP contribution in [0.1, 0.15) is 12.5 Å². The predicted octanol–water partition coefficient (Wildman–Crippen LogP) is -0.867. The molecule has 8 nitrogen and oxygen atoms in total. The van der Waals surface area contributed by atoms with Gasteiger partial charge in [0.1, 0.15) is 6.04 Å². The molecule has 1 aromatic carbocycles. The summed E-state index contributed by atoms with van der Waals surface area (Å²) >= 11 is 0. The number of amides is 2. The second-order valence-corrected chi connectivity index (χ2v) is 5.29. The molecule has 3 unspecified atom stereocenters. The van der Waals surface area contributed by atoms with E-state index in [2.05, 4.69) is 15.4 Å². The largest absolute Gasteiger partial charge is 0.467 e. The van der Waals surface area contributed by atoms with Crippen molar-refractivity contribution >= 4 is 30.2 Å². The molecule has 0 heterocycles. The molecule has 0 spiro atoms. The summed E-state index contributed by atoms with van der Waals surface area (Å²) in [7, 11) is 1.14. The van der Waals surface area contributed by atoms with Gasteiger partial charge in [-0.3, -0.25) is 9.59 Å². The Bertz CT molecular complexity index is 570. The number of aliphatic hydroxyl groups is 1. The number of rotatable bonds is 8. The SMILES string of the molecule is COC(=O)C(CO)NC(=O)C(C)NC(=O)C(N)Cc1ccccc1.Cl. The van der Waals surface area contributed by atoms with Crippen LogP contribution in [0.4, 0.5) is 0 Å². The number of carbonyl (C=O) groups excluding carboxylic acids is 3. The average molecular weight is 374 g/mol. The van der Waals surface area contributed by atoms with E-state index in [0.29, 0.717) is 6.42 Å². The normalized spacial score (nSPS) is 13.6. The van der Waals surface area contributed by atoms with E-state index in [1.165, 1.54) is 6.92 Å². The number of hydrogen-bond donors (Lipinski definition) is 4. The number of carbonyl (C=O) groups is 3. The van der Waals surface area contributed by atoms with Gasteiger partial charge in [-0.1, -0.05) is 30.3 Å². The third kappa shape index (κ3) is 7.51. The number of nitrogens with two attached hydrogens (primary N) is 1. The molecule has 0 aliphatic rings. The summed E-state index contributed by atoms with van der Waals surface area (Å²) in [5.74, 6) is -1.88. The number of hydrogen-bond acceptors (Lipinski definition) is 6. The minimum Gasteiger partial charge on any atom is -0.467 e. The maximum Gasteiger partial charge on any atom is 0.330 e. The molecule has 0 fully saturated rings. The summed E-state index contributed by atoms with van der Waals surface area (Å²) in [5, 5.41) is 13.8. The zero-order chi connectivity index (χ0) is 18.1. The molecule has 1 aromatic rings. The summed E-state index contributed by atoms with van der Waals surface area (Å²) in [5.41, 5.74) is 6.74. The van der Waals surface area contributed by atoms with E-state index in [1.807, 2.05) is 30.3 Å². The number of methoxy groups -OCH3 is 1. The van der Waals surface area contributed by atoms with Crippen LogP contribution in [-0.4, -0.2) is 54.7 Å². The number of halogens is 1. The van der Waals surface area contributed by atoms with Gasteiger partial charge in [-0.15, -0.1) is 12.4 Å². The van der Waals surface area contributed by atoms with Crippen LogP contribution in [0.15, 0.2) is 30.3 Å². The summed E-state index contributed by atoms with van der Waals surface area (Å²) in [6, 6.07) is 6.35. The first-order valence-corrected chi connectivity index (χ1v) is 7.48. The predicted molar refractivity (Wildman–Crippen MR) is 94.0 cm³/mol. The molecule has 3 atom stereocenters. The van der Waals surface area contributed by atoms with Gasteiger partial charge in [0.25, 0.3) is 0 Å². The van der Waals surface area contributed by atoms with Crippen molar-refractivity contribution in [1.82, 2.24) is 10.6 Å². The van der Waals surface area contributed by atoms with Crippen LogP contribution in [-0.2, 0) is 25.5 Å². The van der Waals surface area contributed by atoms with Crippen LogP contribution >= 0.6 is 12.4 Å². The molecule has 2 amide bonds. The molecule has 9 heteroatoms. The van der Waals surface area contributed by atoms with Crippen molar-refractivity contribution < 1.29 is 24.2 Å². The van der Waals surface area contributed by atoms with E-state index in [9.17, 15) is 14.4 Å². The van der Waals surface area contributed by atoms with E-state index in [1.54, 1.807) is 0 Å². The summed E-state index contributed by atoms with van der Waals surface area (Å²) in [6.45, 7) is 0.848. The molecular weight excluding hydrogens is 350 g/mol. The van der Waals surface area contributed by atoms with Crippen LogP contribution in [0.5, 0.6) is 0 Å². The van der Waals surface area contributed by atoms with Crippen LogP contribution in [0.2, 0.25) is 0 Å². The van der Waals surface area contributed by atoms with E-state index >= 15 is 0 Å². The molecule has 0 saturated heterocycles. The fourth-order valence-corrected chi connectivity index (χ4v) is 1.96. The average Bonchev–Trinajstić information content (AvgIpc) is 2.59. The molecule has 0 bridgehead atoms. The van der Waals surface area contributed by atoms with Gasteiger partial charge in [0.2, 0.25) is 11.8 Å². The van der Waals surface area contributed by atoms with Crippen molar-refractivity contribution in [3.8, 4) is 0 Å². The Labute approximate surface area is 152 Å². The Morgan fingerprint density at radius 1 is 1.16 bits per heavy atom. The van der Waals surface area contributed by atoms with E-state index in [0.717, 1.165) is 12.7 Å². The van der Waals surface area contributed by atoms with Crippen molar-refractivity contribution in [2.24, 2.45) is 5.73 Å². The molecule has 0 aliphatic carbocycles. The van der Waals surface area contributed by atoms with E-state index < -0.39 is 42.5 Å². The first kappa shape index (κ1) is 22.8. The quantitative estimate of drug-likeness (QED) is 0.438. The third-order valence-electron chi connectivity index (χ3n) is 3.37. The Balaban J connectivity index is 0.00000576. The first-order valence-electron chi connectivity index (χ1n) is 7.48. The third-order valence-corrected chi connectivity index (χ3v) is 3.37. The van der Waals surface area contributed by atoms with Gasteiger partial charge in [0, 0.05) is 0 Å². The summed E-state index contributed by atoms with van der Waals surface area (Å²) < 4.78 is 4.45. The molecule has 0 saturated carbocycles. The standard InChI is InChI=1S/C16H23N3O5.ClH/c1-10(14(21)19-13(9-20)16(23)24-2)18-15(22)12(17)8-11-6-4-3-5-7-11;/h3-7,10,12-13,20H,8-9,17H2,1-2H3,(H,18,22)(H,19,21);1H. The lowest BCUT2D eigenvalue weighted by molar-refractivity contribution is -0.146. The zero-order valence-electron chi connectivity index (χ0n) is 14.1. The van der Waals surface area contributed by atoms with E-state index in [4.69, 9.17) is 10.8 Å². The lowest BCUT2D eigenvalue weighted by atomic mass is 10.1. The highest BCUT2D eigenvalue weighted by Crippen LogP contribution is 2.02. The van der Waals surface area contributed by atoms with Gasteiger partial charge in [0.15, 0.2) is 6.04 Å². The van der Waals surface area contributed by atoms with Crippen molar-refractivity contribution in [3.63, 3.8) is 0 Å². The number of nitrogens with one attached hydrogen (secondary N) is 2. The lowest BCUT2D eigenvalue weighted by Crippen LogP contribution is -2.54. The minimum atomic E-state index is -1.18. The maximum absolute atomic E-state index is 12.1. The smallest absolute Gasteiger partial charge is 0.330 e. The molecular formula is C16H24ClN3O5. The number of esters is 1. The molecule has 0 radical (unpaired) electrons. The van der Waals surface area contributed by atoms with Gasteiger partial charge >= 0.3 is 5.97 Å². The van der Waals surface area contributed by atoms with Gasteiger partial charge in [-0.05, 0) is 18.9 Å². The highest BCUT2D eigenvalue weighted by Gasteiger charge is 2.25. The Kier molecular flexibility index (Phi) is 10.4. The monoisotopic (exact) mass is 373 g/mol. The minimum absolute atomic E-state index is 0. The first-order chi connectivity index (χ1) is 11.4. The van der Waals surface area contributed by atoms with Crippen LogP contribution < -0.4 is 16.4 Å². The molecule has 140 valence electrons. The highest BCUT2D eigenvalue weighted by molar-refractivity contribution is 5.91. The molecule has 0 aliphatic heterocycles. The Hall–Kier alpha value is -2.16. The van der Waals surface area contributed by atoms with Crippen LogP contribution in [0, 0.1) is 0 Å². The topological polar surface area (TPSA) is 131 Å². The molecule has 25 heavy (non-hydrogen) atoms. The zero-order valence-corrected chi connectivity index (χ0v) is 14.9. The lowest BCUT2D eigenvalue weighted by Gasteiger charge is -2.20. The Morgan fingerprint density at radius 3 is 2.28 bits per heavy atom. The highest BCUT2D eigenvalue weighted by atomic mass is 35.5. The summed E-state index contributed by atoms with van der Waals surface area (Å²) in [6.07, 6.45) is 0.336. The van der Waals surface area contributed by atoms with Crippen molar-refractivity contribution in [2.75, 3.05) is 13.7 Å². The van der Waals surface area contributed by atoms with Crippen molar-refractivity contribution in [1.29, 1.82) is 0 Å². The fraction of sp³-hybridized carbons (Fsp3) is 0.438. The van der Waals surface area contributed by atoms with Crippen LogP contribution in [0.3, 0.4) is 0 Å². The second-order valence-electron chi connectivity index (χ2n) is 5.29. The van der Waals surface area contributed by atoms with Gasteiger partial charge in [-0.25, -0.2) is 4.79 Å². The number of aliphatic hydroxyl groups excluding tert-OH is 1. The van der Waals surface area contributed by atoms with Gasteiger partial charge in [0.05, 0.1) is 19.8 Å². The molecule has 5 N–H and O–H groups in total. The molecule has 1 rings (SSSR count). The van der Waals surface area contributed by atoms with Crippen LogP contribution in [0.25, 0.3) is 0 Å². The van der Waals surface area contributed by atoms with Crippen molar-refractivity contribution in [2.45, 2.75) is 31.5 Å². The van der Waals surface area contributed by atoms with Gasteiger partial charge in [-0.2, -0.15) is 0 Å². The Morgan fingerprint density at radius 2 is 1.76 bits per heavy atom. The second kappa shape index (κ2) is 11.4.